The van der Waals surface area contributed by atoms with Crippen molar-refractivity contribution in [2.75, 3.05) is 68.4 Å². The Hall–Kier alpha value is -4.39. The van der Waals surface area contributed by atoms with Crippen LogP contribution in [0.1, 0.15) is 37.3 Å². The highest BCUT2D eigenvalue weighted by Crippen LogP contribution is 2.33. The summed E-state index contributed by atoms with van der Waals surface area (Å²) in [6, 6.07) is 7.76. The molecular weight excluding hydrogens is 514 g/mol. The molecule has 13 nitrogen and oxygen atoms in total. The van der Waals surface area contributed by atoms with Gasteiger partial charge in [0.25, 0.3) is 0 Å². The van der Waals surface area contributed by atoms with Gasteiger partial charge in [0.2, 0.25) is 5.95 Å². The molecule has 2 aromatic heterocycles. The highest BCUT2D eigenvalue weighted by Gasteiger charge is 2.27. The Labute approximate surface area is 232 Å². The lowest BCUT2D eigenvalue weighted by Crippen LogP contribution is -2.47. The smallest absolute Gasteiger partial charge is 0.344 e. The minimum Gasteiger partial charge on any atom is -0.487 e. The van der Waals surface area contributed by atoms with Gasteiger partial charge >= 0.3 is 5.97 Å². The highest BCUT2D eigenvalue weighted by atomic mass is 16.6. The molecule has 0 spiro atoms. The number of fused-ring (bicyclic) bond motifs is 1. The maximum atomic E-state index is 11.5. The highest BCUT2D eigenvalue weighted by molar-refractivity contribution is 5.92. The van der Waals surface area contributed by atoms with E-state index in [9.17, 15) is 4.79 Å². The van der Waals surface area contributed by atoms with E-state index < -0.39 is 0 Å². The number of allylic oxidation sites excluding steroid dienone is 1. The van der Waals surface area contributed by atoms with Crippen LogP contribution in [0.5, 0.6) is 5.75 Å². The first-order chi connectivity index (χ1) is 19.4. The molecule has 2 saturated heterocycles. The number of carbonyl (C=O) groups excluding carboxylic acids is 1. The molecule has 4 heterocycles. The zero-order chi connectivity index (χ0) is 28.1. The molecule has 3 aromatic rings. The van der Waals surface area contributed by atoms with Gasteiger partial charge in [-0.3, -0.25) is 4.90 Å². The van der Waals surface area contributed by atoms with Gasteiger partial charge in [-0.15, -0.1) is 5.10 Å². The number of hydrogen-bond acceptors (Lipinski definition) is 12. The molecule has 5 rings (SSSR count). The first kappa shape index (κ1) is 27.2. The molecule has 0 radical (unpaired) electrons. The lowest BCUT2D eigenvalue weighted by Gasteiger charge is -2.36. The van der Waals surface area contributed by atoms with Gasteiger partial charge in [-0.2, -0.15) is 9.50 Å². The van der Waals surface area contributed by atoms with Crippen molar-refractivity contribution in [3.8, 4) is 5.75 Å². The zero-order valence-corrected chi connectivity index (χ0v) is 22.6. The van der Waals surface area contributed by atoms with Gasteiger partial charge in [-0.05, 0) is 37.6 Å². The van der Waals surface area contributed by atoms with Crippen LogP contribution in [0.2, 0.25) is 0 Å². The first-order valence-corrected chi connectivity index (χ1v) is 13.5. The van der Waals surface area contributed by atoms with E-state index in [2.05, 4.69) is 36.8 Å². The van der Waals surface area contributed by atoms with E-state index in [1.54, 1.807) is 6.92 Å². The SMILES string of the molecule is C=C1CCC(c2nc3c(C=N)c(NCCN4CCN(c5ccc(OCC(=O)OCC)cc5)CC4)nc(N)n3n2)O1. The monoisotopic (exact) mass is 549 g/mol. The fraction of sp³-hybridized carbons (Fsp3) is 0.444. The normalized spacial score (nSPS) is 17.6. The molecule has 0 bridgehead atoms. The van der Waals surface area contributed by atoms with Crippen LogP contribution in [-0.4, -0.2) is 89.1 Å². The molecular formula is C27H35N9O4. The minimum atomic E-state index is -0.375. The lowest BCUT2D eigenvalue weighted by molar-refractivity contribution is -0.145. The molecule has 0 amide bonds. The second-order valence-electron chi connectivity index (χ2n) is 9.61. The Morgan fingerprint density at radius 1 is 1.25 bits per heavy atom. The fourth-order valence-electron chi connectivity index (χ4n) is 4.85. The number of esters is 1. The molecule has 1 unspecified atom stereocenters. The van der Waals surface area contributed by atoms with Crippen LogP contribution in [0.25, 0.3) is 5.65 Å². The number of piperazine rings is 1. The largest absolute Gasteiger partial charge is 0.487 e. The summed E-state index contributed by atoms with van der Waals surface area (Å²) in [5.74, 6) is 2.22. The minimum absolute atomic E-state index is 0.0941. The number of benzene rings is 1. The summed E-state index contributed by atoms with van der Waals surface area (Å²) in [5.41, 5.74) is 8.31. The van der Waals surface area contributed by atoms with Crippen LogP contribution in [0, 0.1) is 5.41 Å². The maximum absolute atomic E-state index is 11.5. The number of rotatable bonds is 11. The number of ether oxygens (including phenoxy) is 3. The summed E-state index contributed by atoms with van der Waals surface area (Å²) in [6.45, 7) is 10.9. The van der Waals surface area contributed by atoms with E-state index in [1.165, 1.54) is 10.7 Å². The van der Waals surface area contributed by atoms with Crippen molar-refractivity contribution in [2.24, 2.45) is 0 Å². The Balaban J connectivity index is 1.12. The van der Waals surface area contributed by atoms with Gasteiger partial charge in [-0.25, -0.2) is 9.78 Å². The molecule has 40 heavy (non-hydrogen) atoms. The summed E-state index contributed by atoms with van der Waals surface area (Å²) < 4.78 is 17.6. The van der Waals surface area contributed by atoms with Crippen LogP contribution in [-0.2, 0) is 14.3 Å². The number of nitrogen functional groups attached to an aromatic ring is 1. The van der Waals surface area contributed by atoms with Crippen molar-refractivity contribution < 1.29 is 19.0 Å². The van der Waals surface area contributed by atoms with Crippen molar-refractivity contribution in [3.05, 3.63) is 48.0 Å². The molecule has 1 atom stereocenters. The van der Waals surface area contributed by atoms with E-state index >= 15 is 0 Å². The number of carbonyl (C=O) groups is 1. The van der Waals surface area contributed by atoms with E-state index in [1.807, 2.05) is 24.3 Å². The van der Waals surface area contributed by atoms with Crippen LogP contribution in [0.3, 0.4) is 0 Å². The number of anilines is 3. The summed E-state index contributed by atoms with van der Waals surface area (Å²) in [5, 5.41) is 15.8. The quantitative estimate of drug-likeness (QED) is 0.238. The first-order valence-electron chi connectivity index (χ1n) is 13.5. The van der Waals surface area contributed by atoms with Gasteiger partial charge < -0.3 is 35.6 Å². The topological polar surface area (TPSA) is 156 Å². The zero-order valence-electron chi connectivity index (χ0n) is 22.6. The van der Waals surface area contributed by atoms with Crippen LogP contribution < -0.4 is 20.7 Å². The van der Waals surface area contributed by atoms with Crippen LogP contribution in [0.4, 0.5) is 17.5 Å². The number of nitrogens with zero attached hydrogens (tertiary/aromatic N) is 6. The Kier molecular flexibility index (Phi) is 8.29. The average Bonchev–Trinajstić information content (AvgIpc) is 3.60. The number of hydrogen-bond donors (Lipinski definition) is 3. The van der Waals surface area contributed by atoms with Crippen LogP contribution >= 0.6 is 0 Å². The predicted octanol–water partition coefficient (Wildman–Crippen LogP) is 2.25. The Morgan fingerprint density at radius 2 is 2.02 bits per heavy atom. The van der Waals surface area contributed by atoms with Gasteiger partial charge in [-0.1, -0.05) is 6.58 Å². The summed E-state index contributed by atoms with van der Waals surface area (Å²) >= 11 is 0. The third kappa shape index (κ3) is 6.09. The van der Waals surface area contributed by atoms with Crippen molar-refractivity contribution in [1.29, 1.82) is 5.41 Å². The summed E-state index contributed by atoms with van der Waals surface area (Å²) in [6.07, 6.45) is 2.50. The van der Waals surface area contributed by atoms with E-state index in [0.717, 1.165) is 57.0 Å². The molecule has 212 valence electrons. The Bertz CT molecular complexity index is 1370. The average molecular weight is 550 g/mol. The third-order valence-corrected chi connectivity index (χ3v) is 6.95. The summed E-state index contributed by atoms with van der Waals surface area (Å²) in [7, 11) is 0. The number of nitrogens with one attached hydrogen (secondary N) is 2. The molecule has 2 fully saturated rings. The molecule has 0 aliphatic carbocycles. The lowest BCUT2D eigenvalue weighted by atomic mass is 10.2. The maximum Gasteiger partial charge on any atom is 0.344 e. The predicted molar refractivity (Wildman–Crippen MR) is 151 cm³/mol. The van der Waals surface area contributed by atoms with Crippen molar-refractivity contribution in [1.82, 2.24) is 24.5 Å². The molecule has 1 aromatic carbocycles. The van der Waals surface area contributed by atoms with Crippen molar-refractivity contribution >= 4 is 35.3 Å². The molecule has 4 N–H and O–H groups in total. The van der Waals surface area contributed by atoms with E-state index in [4.69, 9.17) is 25.4 Å². The second kappa shape index (κ2) is 12.2. The molecule has 13 heteroatoms. The number of aromatic nitrogens is 4. The van der Waals surface area contributed by atoms with Crippen LogP contribution in [0.15, 0.2) is 36.6 Å². The van der Waals surface area contributed by atoms with Gasteiger partial charge in [0.15, 0.2) is 24.2 Å². The van der Waals surface area contributed by atoms with Gasteiger partial charge in [0.05, 0.1) is 17.9 Å². The van der Waals surface area contributed by atoms with E-state index in [0.29, 0.717) is 41.8 Å². The third-order valence-electron chi connectivity index (χ3n) is 6.95. The fourth-order valence-corrected chi connectivity index (χ4v) is 4.85. The van der Waals surface area contributed by atoms with Gasteiger partial charge in [0.1, 0.15) is 11.6 Å². The summed E-state index contributed by atoms with van der Waals surface area (Å²) in [4.78, 5) is 25.3. The van der Waals surface area contributed by atoms with E-state index in [-0.39, 0.29) is 24.6 Å². The number of nitrogens with two attached hydrogens (primary N) is 1. The molecule has 2 aliphatic heterocycles. The van der Waals surface area contributed by atoms with Gasteiger partial charge in [0, 0.05) is 57.6 Å². The van der Waals surface area contributed by atoms with Crippen molar-refractivity contribution in [3.63, 3.8) is 0 Å². The second-order valence-corrected chi connectivity index (χ2v) is 9.61. The standard InChI is InChI=1S/C27H35N9O4/c1-3-38-23(37)17-39-20-7-5-19(6-8-20)35-14-12-34(13-15-35)11-10-30-24-21(16-28)26-31-25(22-9-4-18(2)40-22)33-36(26)27(29)32-24/h5-8,16,22,28,30H,2-4,9-15,17H2,1H3,(H2,29,32). The Morgan fingerprint density at radius 3 is 2.70 bits per heavy atom. The van der Waals surface area contributed by atoms with Crippen molar-refractivity contribution in [2.45, 2.75) is 25.9 Å². The molecule has 0 saturated carbocycles. The molecule has 2 aliphatic rings.